The minimum atomic E-state index is -0.161. The molecular weight excluding hydrogens is 339 g/mol. The molecule has 1 amide bonds. The monoisotopic (exact) mass is 358 g/mol. The lowest BCUT2D eigenvalue weighted by Crippen LogP contribution is -2.42. The van der Waals surface area contributed by atoms with E-state index in [1.54, 1.807) is 18.2 Å². The zero-order chi connectivity index (χ0) is 16.8. The third-order valence-corrected chi connectivity index (χ3v) is 4.57. The third kappa shape index (κ3) is 5.37. The number of benzene rings is 1. The highest BCUT2D eigenvalue weighted by molar-refractivity contribution is 6.35. The van der Waals surface area contributed by atoms with E-state index < -0.39 is 0 Å². The molecule has 2 rings (SSSR count). The summed E-state index contributed by atoms with van der Waals surface area (Å²) in [4.78, 5) is 25.5. The standard InChI is InChI=1S/C16H20Cl2N2O3/c1-23-16(22)11-4-6-20(7-5-11)10-15(21)19-9-12-2-3-13(17)8-14(12)18/h2-3,8,11H,4-7,9-10H2,1H3,(H,19,21). The number of carbonyl (C=O) groups is 2. The summed E-state index contributed by atoms with van der Waals surface area (Å²) in [5.41, 5.74) is 0.828. The summed E-state index contributed by atoms with van der Waals surface area (Å²) in [6.07, 6.45) is 1.45. The van der Waals surface area contributed by atoms with Gasteiger partial charge in [-0.15, -0.1) is 0 Å². The number of likely N-dealkylation sites (tertiary alicyclic amines) is 1. The van der Waals surface area contributed by atoms with Crippen LogP contribution in [0.3, 0.4) is 0 Å². The van der Waals surface area contributed by atoms with E-state index in [9.17, 15) is 9.59 Å². The van der Waals surface area contributed by atoms with Crippen molar-refractivity contribution in [3.8, 4) is 0 Å². The molecule has 1 N–H and O–H groups in total. The van der Waals surface area contributed by atoms with Gasteiger partial charge in [0.1, 0.15) is 0 Å². The van der Waals surface area contributed by atoms with Crippen molar-refractivity contribution in [2.24, 2.45) is 5.92 Å². The summed E-state index contributed by atoms with van der Waals surface area (Å²) in [5, 5.41) is 3.96. The first-order valence-electron chi connectivity index (χ1n) is 7.50. The van der Waals surface area contributed by atoms with Crippen LogP contribution >= 0.6 is 23.2 Å². The molecule has 1 aromatic rings. The highest BCUT2D eigenvalue weighted by atomic mass is 35.5. The fraction of sp³-hybridized carbons (Fsp3) is 0.500. The lowest BCUT2D eigenvalue weighted by Gasteiger charge is -2.29. The molecule has 1 heterocycles. The normalized spacial score (nSPS) is 16.1. The van der Waals surface area contributed by atoms with Crippen molar-refractivity contribution in [3.05, 3.63) is 33.8 Å². The molecule has 1 aliphatic rings. The van der Waals surface area contributed by atoms with Crippen molar-refractivity contribution in [2.75, 3.05) is 26.7 Å². The number of nitrogens with one attached hydrogen (secondary N) is 1. The Kier molecular flexibility index (Phi) is 6.69. The summed E-state index contributed by atoms with van der Waals surface area (Å²) in [5.74, 6) is -0.272. The number of halogens is 2. The molecule has 0 atom stereocenters. The Hall–Kier alpha value is -1.30. The minimum absolute atomic E-state index is 0.0489. The number of nitrogens with zero attached hydrogens (tertiary/aromatic N) is 1. The van der Waals surface area contributed by atoms with Crippen LogP contribution in [0.2, 0.25) is 10.0 Å². The Balaban J connectivity index is 1.74. The Bertz CT molecular complexity index is 572. The van der Waals surface area contributed by atoms with E-state index in [4.69, 9.17) is 27.9 Å². The van der Waals surface area contributed by atoms with Crippen LogP contribution in [0.1, 0.15) is 18.4 Å². The topological polar surface area (TPSA) is 58.6 Å². The van der Waals surface area contributed by atoms with Gasteiger partial charge in [-0.1, -0.05) is 29.3 Å². The SMILES string of the molecule is COC(=O)C1CCN(CC(=O)NCc2ccc(Cl)cc2Cl)CC1. The second-order valence-electron chi connectivity index (χ2n) is 5.59. The van der Waals surface area contributed by atoms with E-state index in [2.05, 4.69) is 5.32 Å². The minimum Gasteiger partial charge on any atom is -0.469 e. The van der Waals surface area contributed by atoms with Gasteiger partial charge in [-0.2, -0.15) is 0 Å². The van der Waals surface area contributed by atoms with Crippen molar-refractivity contribution >= 4 is 35.1 Å². The molecule has 0 spiro atoms. The molecule has 1 aromatic carbocycles. The lowest BCUT2D eigenvalue weighted by molar-refractivity contribution is -0.147. The fourth-order valence-electron chi connectivity index (χ4n) is 2.61. The lowest BCUT2D eigenvalue weighted by atomic mass is 9.97. The van der Waals surface area contributed by atoms with Gasteiger partial charge in [-0.25, -0.2) is 0 Å². The molecule has 1 saturated heterocycles. The zero-order valence-corrected chi connectivity index (χ0v) is 14.5. The van der Waals surface area contributed by atoms with Crippen LogP contribution in [-0.2, 0) is 20.9 Å². The molecule has 0 aromatic heterocycles. The van der Waals surface area contributed by atoms with Crippen LogP contribution in [0, 0.1) is 5.92 Å². The maximum Gasteiger partial charge on any atom is 0.308 e. The van der Waals surface area contributed by atoms with Gasteiger partial charge in [0.15, 0.2) is 0 Å². The number of methoxy groups -OCH3 is 1. The Morgan fingerprint density at radius 1 is 1.30 bits per heavy atom. The average Bonchev–Trinajstić information content (AvgIpc) is 2.54. The van der Waals surface area contributed by atoms with Gasteiger partial charge in [0, 0.05) is 16.6 Å². The van der Waals surface area contributed by atoms with Gasteiger partial charge in [-0.05, 0) is 43.6 Å². The number of esters is 1. The average molecular weight is 359 g/mol. The summed E-state index contributed by atoms with van der Waals surface area (Å²) >= 11 is 11.9. The van der Waals surface area contributed by atoms with Crippen LogP contribution in [0.4, 0.5) is 0 Å². The Labute approximate surface area is 145 Å². The number of hydrogen-bond acceptors (Lipinski definition) is 4. The van der Waals surface area contributed by atoms with Gasteiger partial charge in [0.2, 0.25) is 5.91 Å². The molecule has 7 heteroatoms. The third-order valence-electron chi connectivity index (χ3n) is 3.98. The van der Waals surface area contributed by atoms with E-state index in [1.165, 1.54) is 7.11 Å². The molecule has 0 unspecified atom stereocenters. The molecule has 23 heavy (non-hydrogen) atoms. The molecule has 0 aliphatic carbocycles. The summed E-state index contributed by atoms with van der Waals surface area (Å²) in [6, 6.07) is 5.20. The fourth-order valence-corrected chi connectivity index (χ4v) is 3.09. The maximum absolute atomic E-state index is 12.0. The van der Waals surface area contributed by atoms with Gasteiger partial charge in [0.25, 0.3) is 0 Å². The summed E-state index contributed by atoms with van der Waals surface area (Å²) < 4.78 is 4.75. The van der Waals surface area contributed by atoms with Crippen molar-refractivity contribution < 1.29 is 14.3 Å². The van der Waals surface area contributed by atoms with E-state index in [0.29, 0.717) is 23.1 Å². The summed E-state index contributed by atoms with van der Waals surface area (Å²) in [7, 11) is 1.41. The first-order valence-corrected chi connectivity index (χ1v) is 8.26. The molecule has 0 bridgehead atoms. The predicted molar refractivity (Wildman–Crippen MR) is 89.5 cm³/mol. The van der Waals surface area contributed by atoms with Crippen molar-refractivity contribution in [3.63, 3.8) is 0 Å². The smallest absolute Gasteiger partial charge is 0.308 e. The zero-order valence-electron chi connectivity index (χ0n) is 13.0. The van der Waals surface area contributed by atoms with E-state index in [1.807, 2.05) is 4.90 Å². The highest BCUT2D eigenvalue weighted by Crippen LogP contribution is 2.21. The van der Waals surface area contributed by atoms with E-state index in [-0.39, 0.29) is 17.8 Å². The molecule has 0 radical (unpaired) electrons. The number of carbonyl (C=O) groups excluding carboxylic acids is 2. The first-order chi connectivity index (χ1) is 11.0. The Morgan fingerprint density at radius 3 is 2.61 bits per heavy atom. The van der Waals surface area contributed by atoms with Crippen LogP contribution in [0.15, 0.2) is 18.2 Å². The number of amides is 1. The molecule has 1 fully saturated rings. The molecular formula is C16H20Cl2N2O3. The predicted octanol–water partition coefficient (Wildman–Crippen LogP) is 2.49. The van der Waals surface area contributed by atoms with Crippen LogP contribution in [-0.4, -0.2) is 43.5 Å². The van der Waals surface area contributed by atoms with Crippen molar-refractivity contribution in [1.29, 1.82) is 0 Å². The molecule has 0 saturated carbocycles. The molecule has 126 valence electrons. The number of rotatable bonds is 5. The van der Waals surface area contributed by atoms with Gasteiger partial charge >= 0.3 is 5.97 Å². The quantitative estimate of drug-likeness (QED) is 0.821. The van der Waals surface area contributed by atoms with E-state index >= 15 is 0 Å². The highest BCUT2D eigenvalue weighted by Gasteiger charge is 2.26. The first kappa shape index (κ1) is 18.0. The second-order valence-corrected chi connectivity index (χ2v) is 6.43. The summed E-state index contributed by atoms with van der Waals surface area (Å²) in [6.45, 7) is 2.12. The van der Waals surface area contributed by atoms with Gasteiger partial charge in [0.05, 0.1) is 19.6 Å². The maximum atomic E-state index is 12.0. The van der Waals surface area contributed by atoms with E-state index in [0.717, 1.165) is 31.5 Å². The van der Waals surface area contributed by atoms with Crippen LogP contribution in [0.25, 0.3) is 0 Å². The van der Waals surface area contributed by atoms with Gasteiger partial charge in [-0.3, -0.25) is 14.5 Å². The largest absolute Gasteiger partial charge is 0.469 e. The second kappa shape index (κ2) is 8.52. The number of hydrogen-bond donors (Lipinski definition) is 1. The van der Waals surface area contributed by atoms with Crippen molar-refractivity contribution in [2.45, 2.75) is 19.4 Å². The van der Waals surface area contributed by atoms with Crippen LogP contribution in [0.5, 0.6) is 0 Å². The molecule has 5 nitrogen and oxygen atoms in total. The number of piperidine rings is 1. The van der Waals surface area contributed by atoms with Crippen LogP contribution < -0.4 is 5.32 Å². The Morgan fingerprint density at radius 2 is 2.00 bits per heavy atom. The number of ether oxygens (including phenoxy) is 1. The van der Waals surface area contributed by atoms with Gasteiger partial charge < -0.3 is 10.1 Å². The van der Waals surface area contributed by atoms with Crippen molar-refractivity contribution in [1.82, 2.24) is 10.2 Å². The molecule has 1 aliphatic heterocycles.